The van der Waals surface area contributed by atoms with E-state index in [9.17, 15) is 29.7 Å². The van der Waals surface area contributed by atoms with Crippen LogP contribution in [-0.2, 0) is 14.4 Å². The van der Waals surface area contributed by atoms with Gasteiger partial charge in [-0.2, -0.15) is 0 Å². The Hall–Kier alpha value is -1.89. The summed E-state index contributed by atoms with van der Waals surface area (Å²) in [5, 5.41) is 29.5. The number of unbranched alkanes of at least 4 members (excludes halogenated alkanes) is 18. The van der Waals surface area contributed by atoms with Crippen LogP contribution in [-0.4, -0.2) is 63.9 Å². The predicted octanol–water partition coefficient (Wildman–Crippen LogP) is 10.5. The zero-order chi connectivity index (χ0) is 34.5. The summed E-state index contributed by atoms with van der Waals surface area (Å²) in [6.45, 7) is 9.27. The number of hydrogen-bond donors (Lipinski definition) is 3. The highest BCUT2D eigenvalue weighted by atomic mass is 16.4. The molecule has 0 heterocycles. The van der Waals surface area contributed by atoms with E-state index >= 15 is 0 Å². The van der Waals surface area contributed by atoms with Crippen LogP contribution in [0.2, 0.25) is 0 Å². The molecule has 7 heteroatoms. The lowest BCUT2D eigenvalue weighted by Crippen LogP contribution is -2.58. The van der Waals surface area contributed by atoms with Crippen molar-refractivity contribution in [3.8, 4) is 0 Å². The molecule has 0 aliphatic rings. The zero-order valence-electron chi connectivity index (χ0n) is 30.5. The Morgan fingerprint density at radius 1 is 0.457 bits per heavy atom. The highest BCUT2D eigenvalue weighted by Crippen LogP contribution is 2.25. The molecule has 0 saturated carbocycles. The molecule has 0 bridgehead atoms. The van der Waals surface area contributed by atoms with Crippen molar-refractivity contribution in [1.29, 1.82) is 0 Å². The van der Waals surface area contributed by atoms with Crippen molar-refractivity contribution in [3.63, 3.8) is 0 Å². The van der Waals surface area contributed by atoms with Crippen LogP contribution in [0.5, 0.6) is 0 Å². The number of hydrogen-bond acceptors (Lipinski definition) is 3. The van der Waals surface area contributed by atoms with Crippen molar-refractivity contribution in [2.45, 2.75) is 175 Å². The van der Waals surface area contributed by atoms with Crippen molar-refractivity contribution in [2.75, 3.05) is 26.2 Å². The normalized spacial score (nSPS) is 15.0. The van der Waals surface area contributed by atoms with Crippen LogP contribution in [0, 0.1) is 17.8 Å². The van der Waals surface area contributed by atoms with Crippen molar-refractivity contribution in [2.24, 2.45) is 17.8 Å². The summed E-state index contributed by atoms with van der Waals surface area (Å²) in [6.07, 6.45) is 31.4. The molecule has 3 N–H and O–H groups in total. The standard InChI is InChI=1S/C39H73NO6/c1-5-9-10-11-12-13-14-15-16-17-18-19-20-21-22-23-24-25-26-27-28-29-30-40(31-34(6-2)37(41)42,32-35(7-3)38(43)44)33-36(8-4)39(45)46/h20-21,34-36H,5-19,22-33H2,1-4H3,(H2-,41,42,43,44,45,46)/p+1/b21-20+. The van der Waals surface area contributed by atoms with E-state index in [0.29, 0.717) is 25.8 Å². The molecule has 0 spiro atoms. The first kappa shape index (κ1) is 44.1. The first-order chi connectivity index (χ1) is 22.2. The van der Waals surface area contributed by atoms with Gasteiger partial charge in [0, 0.05) is 0 Å². The van der Waals surface area contributed by atoms with E-state index in [-0.39, 0.29) is 24.1 Å². The molecule has 270 valence electrons. The van der Waals surface area contributed by atoms with Gasteiger partial charge in [-0.15, -0.1) is 0 Å². The van der Waals surface area contributed by atoms with Crippen molar-refractivity contribution >= 4 is 17.9 Å². The lowest BCUT2D eigenvalue weighted by Gasteiger charge is -2.43. The third-order valence-electron chi connectivity index (χ3n) is 9.99. The fourth-order valence-corrected chi connectivity index (χ4v) is 6.80. The van der Waals surface area contributed by atoms with Crippen LogP contribution in [0.3, 0.4) is 0 Å². The summed E-state index contributed by atoms with van der Waals surface area (Å²) in [4.78, 5) is 36.0. The minimum absolute atomic E-state index is 0.256. The summed E-state index contributed by atoms with van der Waals surface area (Å²) in [6, 6.07) is 0. The molecular formula is C39H74NO6+. The van der Waals surface area contributed by atoms with E-state index in [0.717, 1.165) is 32.1 Å². The van der Waals surface area contributed by atoms with E-state index < -0.39 is 35.7 Å². The SMILES string of the molecule is CCCCCCCCCCCCC/C=C/CCCCCCCCC[N+](CC(CC)C(=O)O)(CC(CC)C(=O)O)CC(CC)C(=O)O. The summed E-state index contributed by atoms with van der Waals surface area (Å²) < 4.78 is 0.256. The quantitative estimate of drug-likeness (QED) is 0.0362. The first-order valence-electron chi connectivity index (χ1n) is 19.3. The minimum atomic E-state index is -0.888. The molecule has 46 heavy (non-hydrogen) atoms. The Bertz CT molecular complexity index is 738. The maximum Gasteiger partial charge on any atom is 0.312 e. The number of carbonyl (C=O) groups is 3. The number of allylic oxidation sites excluding steroid dienone is 2. The Morgan fingerprint density at radius 3 is 1.02 bits per heavy atom. The van der Waals surface area contributed by atoms with Crippen LogP contribution in [0.1, 0.15) is 175 Å². The monoisotopic (exact) mass is 653 g/mol. The van der Waals surface area contributed by atoms with Gasteiger partial charge in [0.2, 0.25) is 0 Å². The number of aliphatic carboxylic acids is 3. The van der Waals surface area contributed by atoms with Crippen molar-refractivity contribution in [3.05, 3.63) is 12.2 Å². The fourth-order valence-electron chi connectivity index (χ4n) is 6.80. The molecule has 0 fully saturated rings. The van der Waals surface area contributed by atoms with E-state index in [4.69, 9.17) is 0 Å². The van der Waals surface area contributed by atoms with Gasteiger partial charge < -0.3 is 19.8 Å². The molecule has 3 atom stereocenters. The van der Waals surface area contributed by atoms with Gasteiger partial charge in [-0.05, 0) is 57.8 Å². The molecule has 0 saturated heterocycles. The lowest BCUT2D eigenvalue weighted by molar-refractivity contribution is -0.935. The van der Waals surface area contributed by atoms with Gasteiger partial charge in [0.15, 0.2) is 0 Å². The second kappa shape index (κ2) is 29.3. The molecule has 0 rings (SSSR count). The third-order valence-corrected chi connectivity index (χ3v) is 9.99. The summed E-state index contributed by atoms with van der Waals surface area (Å²) in [5.74, 6) is -4.52. The molecule has 3 unspecified atom stereocenters. The fraction of sp³-hybridized carbons (Fsp3) is 0.872. The van der Waals surface area contributed by atoms with Gasteiger partial charge in [-0.3, -0.25) is 14.4 Å². The Balaban J connectivity index is 4.46. The Kier molecular flexibility index (Phi) is 28.1. The number of nitrogens with zero attached hydrogens (tertiary/aromatic N) is 1. The molecule has 0 amide bonds. The highest BCUT2D eigenvalue weighted by molar-refractivity contribution is 5.71. The van der Waals surface area contributed by atoms with Crippen LogP contribution in [0.25, 0.3) is 0 Å². The predicted molar refractivity (Wildman–Crippen MR) is 191 cm³/mol. The van der Waals surface area contributed by atoms with Crippen LogP contribution in [0.15, 0.2) is 12.2 Å². The van der Waals surface area contributed by atoms with Crippen LogP contribution < -0.4 is 0 Å². The molecule has 0 radical (unpaired) electrons. The van der Waals surface area contributed by atoms with Crippen LogP contribution >= 0.6 is 0 Å². The second-order valence-electron chi connectivity index (χ2n) is 14.0. The van der Waals surface area contributed by atoms with E-state index in [1.54, 1.807) is 0 Å². The highest BCUT2D eigenvalue weighted by Gasteiger charge is 2.40. The number of quaternary nitrogens is 1. The molecule has 0 aromatic carbocycles. The average molecular weight is 653 g/mol. The maximum atomic E-state index is 12.0. The smallest absolute Gasteiger partial charge is 0.312 e. The van der Waals surface area contributed by atoms with Crippen molar-refractivity contribution < 1.29 is 34.2 Å². The Labute approximate surface area is 283 Å². The van der Waals surface area contributed by atoms with Gasteiger partial charge in [0.1, 0.15) is 17.8 Å². The summed E-state index contributed by atoms with van der Waals surface area (Å²) >= 11 is 0. The lowest BCUT2D eigenvalue weighted by atomic mass is 9.95. The molecule has 0 aromatic rings. The van der Waals surface area contributed by atoms with E-state index in [2.05, 4.69) is 19.1 Å². The van der Waals surface area contributed by atoms with Gasteiger partial charge in [0.25, 0.3) is 0 Å². The van der Waals surface area contributed by atoms with Gasteiger partial charge >= 0.3 is 17.9 Å². The van der Waals surface area contributed by atoms with Gasteiger partial charge in [0.05, 0.1) is 26.2 Å². The second-order valence-corrected chi connectivity index (χ2v) is 14.0. The Morgan fingerprint density at radius 2 is 0.739 bits per heavy atom. The molecule has 0 aliphatic heterocycles. The molecular weight excluding hydrogens is 578 g/mol. The maximum absolute atomic E-state index is 12.0. The average Bonchev–Trinajstić information content (AvgIpc) is 3.03. The molecule has 0 aromatic heterocycles. The molecule has 7 nitrogen and oxygen atoms in total. The van der Waals surface area contributed by atoms with E-state index in [1.165, 1.54) is 96.3 Å². The number of carboxylic acid groups (broad SMARTS) is 3. The number of rotatable bonds is 34. The zero-order valence-corrected chi connectivity index (χ0v) is 30.5. The molecule has 0 aliphatic carbocycles. The summed E-state index contributed by atoms with van der Waals surface area (Å²) in [7, 11) is 0. The van der Waals surface area contributed by atoms with Gasteiger partial charge in [-0.1, -0.05) is 130 Å². The topological polar surface area (TPSA) is 112 Å². The van der Waals surface area contributed by atoms with Crippen LogP contribution in [0.4, 0.5) is 0 Å². The van der Waals surface area contributed by atoms with E-state index in [1.807, 2.05) is 20.8 Å². The summed E-state index contributed by atoms with van der Waals surface area (Å²) in [5.41, 5.74) is 0. The third kappa shape index (κ3) is 22.6. The number of carboxylic acids is 3. The minimum Gasteiger partial charge on any atom is -0.481 e. The largest absolute Gasteiger partial charge is 0.481 e. The van der Waals surface area contributed by atoms with Gasteiger partial charge in [-0.25, -0.2) is 0 Å². The first-order valence-corrected chi connectivity index (χ1v) is 19.3. The van der Waals surface area contributed by atoms with Crippen molar-refractivity contribution in [1.82, 2.24) is 0 Å².